The molecule has 1 heterocycles. The molecule has 1 aromatic rings. The third kappa shape index (κ3) is 3.04. The van der Waals surface area contributed by atoms with E-state index in [-0.39, 0.29) is 5.97 Å². The number of carbonyl (C=O) groups excluding carboxylic acids is 1. The maximum absolute atomic E-state index is 12.5. The molecule has 3 nitrogen and oxygen atoms in total. The van der Waals surface area contributed by atoms with Crippen LogP contribution in [0.1, 0.15) is 45.6 Å². The van der Waals surface area contributed by atoms with Crippen molar-refractivity contribution in [2.24, 2.45) is 5.41 Å². The summed E-state index contributed by atoms with van der Waals surface area (Å²) in [5.41, 5.74) is 0.227. The van der Waals surface area contributed by atoms with Crippen LogP contribution in [0.2, 0.25) is 0 Å². The van der Waals surface area contributed by atoms with E-state index < -0.39 is 11.0 Å². The number of carbonyl (C=O) groups is 1. The molecule has 1 aromatic carbocycles. The molecule has 0 spiro atoms. The Morgan fingerprint density at radius 2 is 1.85 bits per heavy atom. The lowest BCUT2D eigenvalue weighted by Crippen LogP contribution is -2.45. The zero-order valence-electron chi connectivity index (χ0n) is 12.7. The van der Waals surface area contributed by atoms with Crippen molar-refractivity contribution in [1.82, 2.24) is 5.32 Å². The van der Waals surface area contributed by atoms with Crippen molar-refractivity contribution >= 4 is 5.97 Å². The number of hydrogen-bond donors (Lipinski definition) is 1. The summed E-state index contributed by atoms with van der Waals surface area (Å²) in [6.45, 7) is 7.70. The average molecular weight is 275 g/mol. The Labute approximate surface area is 121 Å². The van der Waals surface area contributed by atoms with Crippen LogP contribution in [0.5, 0.6) is 0 Å². The summed E-state index contributed by atoms with van der Waals surface area (Å²) in [6, 6.07) is 10.2. The molecule has 0 aliphatic carbocycles. The minimum atomic E-state index is -0.462. The topological polar surface area (TPSA) is 38.3 Å². The van der Waals surface area contributed by atoms with Gasteiger partial charge in [0.25, 0.3) is 0 Å². The first-order valence-corrected chi connectivity index (χ1v) is 7.50. The molecule has 1 fully saturated rings. The van der Waals surface area contributed by atoms with Crippen molar-refractivity contribution < 1.29 is 9.53 Å². The summed E-state index contributed by atoms with van der Waals surface area (Å²) < 4.78 is 6.04. The van der Waals surface area contributed by atoms with Crippen molar-refractivity contribution in [1.29, 1.82) is 0 Å². The zero-order valence-corrected chi connectivity index (χ0v) is 12.7. The molecule has 1 N–H and O–H groups in total. The van der Waals surface area contributed by atoms with E-state index in [0.29, 0.717) is 0 Å². The molecular formula is C17H25NO2. The summed E-state index contributed by atoms with van der Waals surface area (Å²) in [5, 5.41) is 3.34. The maximum atomic E-state index is 12.5. The number of nitrogens with one attached hydrogen (secondary N) is 1. The fourth-order valence-corrected chi connectivity index (χ4v) is 2.48. The first-order valence-electron chi connectivity index (χ1n) is 7.50. The van der Waals surface area contributed by atoms with E-state index in [2.05, 4.69) is 17.4 Å². The van der Waals surface area contributed by atoms with Crippen molar-refractivity contribution in [3.8, 4) is 0 Å². The first-order chi connectivity index (χ1) is 9.50. The van der Waals surface area contributed by atoms with Gasteiger partial charge in [0.1, 0.15) is 5.60 Å². The van der Waals surface area contributed by atoms with Gasteiger partial charge in [-0.25, -0.2) is 0 Å². The molecule has 0 radical (unpaired) electrons. The number of rotatable bonds is 4. The van der Waals surface area contributed by atoms with Crippen LogP contribution in [0.15, 0.2) is 30.3 Å². The Morgan fingerprint density at radius 1 is 1.25 bits per heavy atom. The lowest BCUT2D eigenvalue weighted by Gasteiger charge is -2.39. The molecule has 20 heavy (non-hydrogen) atoms. The number of piperidine rings is 1. The van der Waals surface area contributed by atoms with Gasteiger partial charge in [-0.05, 0) is 38.9 Å². The third-order valence-corrected chi connectivity index (χ3v) is 4.44. The molecule has 0 bridgehead atoms. The molecule has 0 atom stereocenters. The summed E-state index contributed by atoms with van der Waals surface area (Å²) in [7, 11) is 0. The normalized spacial score (nSPS) is 18.6. The monoisotopic (exact) mass is 275 g/mol. The van der Waals surface area contributed by atoms with Crippen LogP contribution in [0.4, 0.5) is 0 Å². The highest BCUT2D eigenvalue weighted by Crippen LogP contribution is 2.37. The molecule has 0 amide bonds. The fraction of sp³-hybridized carbons (Fsp3) is 0.588. The second kappa shape index (κ2) is 5.96. The highest BCUT2D eigenvalue weighted by molar-refractivity contribution is 5.76. The van der Waals surface area contributed by atoms with Gasteiger partial charge in [0.15, 0.2) is 0 Å². The van der Waals surface area contributed by atoms with Crippen LogP contribution >= 0.6 is 0 Å². The van der Waals surface area contributed by atoms with Gasteiger partial charge >= 0.3 is 5.97 Å². The quantitative estimate of drug-likeness (QED) is 0.857. The summed E-state index contributed by atoms with van der Waals surface area (Å²) >= 11 is 0. The highest BCUT2D eigenvalue weighted by atomic mass is 16.6. The molecule has 1 aliphatic heterocycles. The fourth-order valence-electron chi connectivity index (χ4n) is 2.48. The summed E-state index contributed by atoms with van der Waals surface area (Å²) in [4.78, 5) is 12.5. The molecule has 2 rings (SSSR count). The Kier molecular flexibility index (Phi) is 4.48. The maximum Gasteiger partial charge on any atom is 0.312 e. The predicted octanol–water partition coefficient (Wildman–Crippen LogP) is 3.24. The Morgan fingerprint density at radius 3 is 2.40 bits per heavy atom. The smallest absolute Gasteiger partial charge is 0.312 e. The zero-order chi connectivity index (χ0) is 14.6. The number of esters is 1. The van der Waals surface area contributed by atoms with E-state index in [4.69, 9.17) is 4.74 Å². The highest BCUT2D eigenvalue weighted by Gasteiger charge is 2.41. The number of ether oxygens (including phenoxy) is 1. The van der Waals surface area contributed by atoms with Crippen LogP contribution in [0.3, 0.4) is 0 Å². The lowest BCUT2D eigenvalue weighted by atomic mass is 9.83. The second-order valence-electron chi connectivity index (χ2n) is 6.24. The van der Waals surface area contributed by atoms with Gasteiger partial charge in [-0.3, -0.25) is 4.79 Å². The summed E-state index contributed by atoms with van der Waals surface area (Å²) in [5.74, 6) is -0.0919. The van der Waals surface area contributed by atoms with Gasteiger partial charge in [0, 0.05) is 12.8 Å². The number of hydrogen-bond acceptors (Lipinski definition) is 3. The largest absolute Gasteiger partial charge is 0.454 e. The van der Waals surface area contributed by atoms with Crippen LogP contribution in [-0.2, 0) is 15.1 Å². The summed E-state index contributed by atoms with van der Waals surface area (Å²) in [6.07, 6.45) is 2.46. The van der Waals surface area contributed by atoms with Crippen molar-refractivity contribution in [3.05, 3.63) is 35.9 Å². The molecule has 1 aliphatic rings. The van der Waals surface area contributed by atoms with Crippen molar-refractivity contribution in [3.63, 3.8) is 0 Å². The average Bonchev–Trinajstić information content (AvgIpc) is 2.49. The van der Waals surface area contributed by atoms with Gasteiger partial charge in [-0.15, -0.1) is 0 Å². The molecule has 0 unspecified atom stereocenters. The van der Waals surface area contributed by atoms with Crippen molar-refractivity contribution in [2.75, 3.05) is 13.1 Å². The van der Waals surface area contributed by atoms with Crippen LogP contribution in [0.25, 0.3) is 0 Å². The standard InChI is InChI=1S/C17H25NO2/c1-4-16(2,3)15(19)20-17(10-12-18-13-11-17)14-8-6-5-7-9-14/h5-9,18H,4,10-13H2,1-3H3. The van der Waals surface area contributed by atoms with E-state index in [9.17, 15) is 4.79 Å². The van der Waals surface area contributed by atoms with E-state index >= 15 is 0 Å². The van der Waals surface area contributed by atoms with Gasteiger partial charge in [-0.1, -0.05) is 37.3 Å². The molecular weight excluding hydrogens is 250 g/mol. The molecule has 3 heteroatoms. The van der Waals surface area contributed by atoms with Gasteiger partial charge in [0.05, 0.1) is 5.41 Å². The minimum absolute atomic E-state index is 0.0919. The van der Waals surface area contributed by atoms with Gasteiger partial charge in [0.2, 0.25) is 0 Å². The van der Waals surface area contributed by atoms with E-state index in [1.54, 1.807) is 0 Å². The van der Waals surface area contributed by atoms with Crippen LogP contribution in [0, 0.1) is 5.41 Å². The first kappa shape index (κ1) is 15.0. The van der Waals surface area contributed by atoms with Gasteiger partial charge < -0.3 is 10.1 Å². The van der Waals surface area contributed by atoms with E-state index in [0.717, 1.165) is 37.9 Å². The Bertz CT molecular complexity index is 447. The molecule has 1 saturated heterocycles. The van der Waals surface area contributed by atoms with Crippen molar-refractivity contribution in [2.45, 2.75) is 45.6 Å². The van der Waals surface area contributed by atoms with Crippen LogP contribution in [-0.4, -0.2) is 19.1 Å². The molecule has 0 aromatic heterocycles. The van der Waals surface area contributed by atoms with E-state index in [1.807, 2.05) is 39.0 Å². The second-order valence-corrected chi connectivity index (χ2v) is 6.24. The molecule has 0 saturated carbocycles. The Hall–Kier alpha value is -1.35. The minimum Gasteiger partial charge on any atom is -0.454 e. The Balaban J connectivity index is 2.27. The van der Waals surface area contributed by atoms with Gasteiger partial charge in [-0.2, -0.15) is 0 Å². The predicted molar refractivity (Wildman–Crippen MR) is 80.4 cm³/mol. The third-order valence-electron chi connectivity index (χ3n) is 4.44. The van der Waals surface area contributed by atoms with Crippen LogP contribution < -0.4 is 5.32 Å². The number of benzene rings is 1. The lowest BCUT2D eigenvalue weighted by molar-refractivity contribution is -0.175. The van der Waals surface area contributed by atoms with E-state index in [1.165, 1.54) is 0 Å². The molecule has 110 valence electrons. The SMILES string of the molecule is CCC(C)(C)C(=O)OC1(c2ccccc2)CCNCC1.